The number of nitrogen functional groups attached to an aromatic ring is 1. The van der Waals surface area contributed by atoms with Crippen molar-refractivity contribution in [1.29, 1.82) is 0 Å². The second-order valence-corrected chi connectivity index (χ2v) is 4.92. The monoisotopic (exact) mass is 237 g/mol. The number of anilines is 1. The average Bonchev–Trinajstić information content (AvgIpc) is 2.74. The summed E-state index contributed by atoms with van der Waals surface area (Å²) in [6.45, 7) is 0. The van der Waals surface area contributed by atoms with Crippen LogP contribution in [-0.2, 0) is 0 Å². The number of hydrogen-bond acceptors (Lipinski definition) is 2. The third-order valence-corrected chi connectivity index (χ3v) is 3.61. The molecule has 0 bridgehead atoms. The summed E-state index contributed by atoms with van der Waals surface area (Å²) in [5.74, 6) is 0.764. The number of carbonyl (C=O) groups excluding carboxylic acids is 1. The van der Waals surface area contributed by atoms with Crippen LogP contribution < -0.4 is 5.73 Å². The van der Waals surface area contributed by atoms with Gasteiger partial charge in [0.05, 0.1) is 10.7 Å². The highest BCUT2D eigenvalue weighted by molar-refractivity contribution is 6.33. The largest absolute Gasteiger partial charge is 0.398 e. The minimum absolute atomic E-state index is 0.190. The quantitative estimate of drug-likeness (QED) is 0.644. The molecule has 0 spiro atoms. The summed E-state index contributed by atoms with van der Waals surface area (Å²) in [6.07, 6.45) is 5.56. The number of nitrogens with two attached hydrogens (primary N) is 1. The first kappa shape index (κ1) is 11.5. The van der Waals surface area contributed by atoms with E-state index in [-0.39, 0.29) is 5.78 Å². The second-order valence-electron chi connectivity index (χ2n) is 4.51. The zero-order chi connectivity index (χ0) is 11.5. The highest BCUT2D eigenvalue weighted by Crippen LogP contribution is 2.29. The summed E-state index contributed by atoms with van der Waals surface area (Å²) < 4.78 is 0. The molecule has 0 aliphatic heterocycles. The van der Waals surface area contributed by atoms with Crippen molar-refractivity contribution in [2.45, 2.75) is 32.1 Å². The van der Waals surface area contributed by atoms with Gasteiger partial charge in [-0.15, -0.1) is 0 Å². The molecule has 0 heterocycles. The Morgan fingerprint density at radius 3 is 2.69 bits per heavy atom. The molecule has 16 heavy (non-hydrogen) atoms. The summed E-state index contributed by atoms with van der Waals surface area (Å²) in [5, 5.41) is 0.511. The summed E-state index contributed by atoms with van der Waals surface area (Å²) >= 11 is 5.82. The van der Waals surface area contributed by atoms with E-state index in [0.717, 1.165) is 0 Å². The van der Waals surface area contributed by atoms with Gasteiger partial charge in [0.2, 0.25) is 0 Å². The van der Waals surface area contributed by atoms with Crippen LogP contribution in [0, 0.1) is 5.92 Å². The predicted molar refractivity (Wildman–Crippen MR) is 66.8 cm³/mol. The minimum Gasteiger partial charge on any atom is -0.398 e. The van der Waals surface area contributed by atoms with Crippen LogP contribution >= 0.6 is 11.6 Å². The smallest absolute Gasteiger partial charge is 0.163 e. The molecule has 86 valence electrons. The van der Waals surface area contributed by atoms with Gasteiger partial charge >= 0.3 is 0 Å². The second kappa shape index (κ2) is 4.88. The van der Waals surface area contributed by atoms with Gasteiger partial charge in [0.15, 0.2) is 5.78 Å². The van der Waals surface area contributed by atoms with E-state index in [1.54, 1.807) is 18.2 Å². The molecule has 1 aliphatic carbocycles. The Morgan fingerprint density at radius 1 is 1.38 bits per heavy atom. The van der Waals surface area contributed by atoms with Gasteiger partial charge in [0.25, 0.3) is 0 Å². The lowest BCUT2D eigenvalue weighted by Gasteiger charge is -2.08. The molecular weight excluding hydrogens is 222 g/mol. The van der Waals surface area contributed by atoms with Gasteiger partial charge in [0.1, 0.15) is 0 Å². The van der Waals surface area contributed by atoms with Crippen LogP contribution in [0.4, 0.5) is 5.69 Å². The SMILES string of the molecule is Nc1cc(C(=O)CC2CCCC2)ccc1Cl. The van der Waals surface area contributed by atoms with Crippen LogP contribution in [0.25, 0.3) is 0 Å². The van der Waals surface area contributed by atoms with E-state index in [1.807, 2.05) is 0 Å². The molecule has 1 aromatic rings. The van der Waals surface area contributed by atoms with Crippen molar-refractivity contribution < 1.29 is 4.79 Å². The van der Waals surface area contributed by atoms with E-state index in [1.165, 1.54) is 25.7 Å². The topological polar surface area (TPSA) is 43.1 Å². The van der Waals surface area contributed by atoms with Gasteiger partial charge in [-0.25, -0.2) is 0 Å². The van der Waals surface area contributed by atoms with Crippen LogP contribution in [0.15, 0.2) is 18.2 Å². The highest BCUT2D eigenvalue weighted by atomic mass is 35.5. The van der Waals surface area contributed by atoms with Crippen LogP contribution in [0.3, 0.4) is 0 Å². The lowest BCUT2D eigenvalue weighted by Crippen LogP contribution is -2.06. The molecule has 0 amide bonds. The number of hydrogen-bond donors (Lipinski definition) is 1. The van der Waals surface area contributed by atoms with E-state index in [0.29, 0.717) is 28.6 Å². The first-order valence-electron chi connectivity index (χ1n) is 5.75. The van der Waals surface area contributed by atoms with Crippen molar-refractivity contribution in [2.75, 3.05) is 5.73 Å². The number of rotatable bonds is 3. The Labute approximate surface area is 101 Å². The number of carbonyl (C=O) groups is 1. The van der Waals surface area contributed by atoms with Gasteiger partial charge < -0.3 is 5.73 Å². The van der Waals surface area contributed by atoms with Crippen molar-refractivity contribution in [3.8, 4) is 0 Å². The Morgan fingerprint density at radius 2 is 2.06 bits per heavy atom. The van der Waals surface area contributed by atoms with Gasteiger partial charge in [-0.3, -0.25) is 4.79 Å². The highest BCUT2D eigenvalue weighted by Gasteiger charge is 2.19. The maximum Gasteiger partial charge on any atom is 0.163 e. The third kappa shape index (κ3) is 2.56. The van der Waals surface area contributed by atoms with Crippen molar-refractivity contribution in [1.82, 2.24) is 0 Å². The van der Waals surface area contributed by atoms with Crippen molar-refractivity contribution in [2.24, 2.45) is 5.92 Å². The van der Waals surface area contributed by atoms with E-state index >= 15 is 0 Å². The Bertz CT molecular complexity index is 397. The molecule has 0 radical (unpaired) electrons. The summed E-state index contributed by atoms with van der Waals surface area (Å²) in [7, 11) is 0. The van der Waals surface area contributed by atoms with Crippen LogP contribution in [0.1, 0.15) is 42.5 Å². The standard InChI is InChI=1S/C13H16ClNO/c14-11-6-5-10(8-12(11)15)13(16)7-9-3-1-2-4-9/h5-6,8-9H,1-4,7,15H2. The normalized spacial score (nSPS) is 16.6. The number of Topliss-reactive ketones (excluding diaryl/α,β-unsaturated/α-hetero) is 1. The lowest BCUT2D eigenvalue weighted by molar-refractivity contribution is 0.0962. The first-order chi connectivity index (χ1) is 7.66. The molecule has 2 nitrogen and oxygen atoms in total. The summed E-state index contributed by atoms with van der Waals surface area (Å²) in [5.41, 5.74) is 6.86. The molecule has 0 unspecified atom stereocenters. The first-order valence-corrected chi connectivity index (χ1v) is 6.13. The predicted octanol–water partition coefficient (Wildman–Crippen LogP) is 3.69. The summed E-state index contributed by atoms with van der Waals surface area (Å²) in [6, 6.07) is 5.13. The molecule has 2 N–H and O–H groups in total. The van der Waals surface area contributed by atoms with E-state index in [4.69, 9.17) is 17.3 Å². The Kier molecular flexibility index (Phi) is 3.49. The van der Waals surface area contributed by atoms with E-state index in [9.17, 15) is 4.79 Å². The number of ketones is 1. The van der Waals surface area contributed by atoms with Crippen molar-refractivity contribution in [3.05, 3.63) is 28.8 Å². The Balaban J connectivity index is 2.05. The van der Waals surface area contributed by atoms with Crippen molar-refractivity contribution in [3.63, 3.8) is 0 Å². The molecule has 3 heteroatoms. The maximum absolute atomic E-state index is 12.0. The van der Waals surface area contributed by atoms with Crippen LogP contribution in [0.2, 0.25) is 5.02 Å². The number of halogens is 1. The molecule has 1 aromatic carbocycles. The Hall–Kier alpha value is -1.02. The fraction of sp³-hybridized carbons (Fsp3) is 0.462. The van der Waals surface area contributed by atoms with Crippen LogP contribution in [-0.4, -0.2) is 5.78 Å². The average molecular weight is 238 g/mol. The third-order valence-electron chi connectivity index (χ3n) is 3.27. The fourth-order valence-electron chi connectivity index (χ4n) is 2.31. The van der Waals surface area contributed by atoms with Gasteiger partial charge in [-0.05, 0) is 24.1 Å². The molecule has 2 rings (SSSR count). The molecule has 0 aromatic heterocycles. The zero-order valence-corrected chi connectivity index (χ0v) is 9.96. The molecular formula is C13H16ClNO. The van der Waals surface area contributed by atoms with Crippen molar-refractivity contribution >= 4 is 23.1 Å². The minimum atomic E-state index is 0.190. The van der Waals surface area contributed by atoms with Gasteiger partial charge in [-0.1, -0.05) is 37.3 Å². The summed E-state index contributed by atoms with van der Waals surface area (Å²) in [4.78, 5) is 12.0. The van der Waals surface area contributed by atoms with Crippen LogP contribution in [0.5, 0.6) is 0 Å². The number of benzene rings is 1. The molecule has 1 aliphatic rings. The van der Waals surface area contributed by atoms with Gasteiger partial charge in [0, 0.05) is 12.0 Å². The van der Waals surface area contributed by atoms with Gasteiger partial charge in [-0.2, -0.15) is 0 Å². The molecule has 0 atom stereocenters. The van der Waals surface area contributed by atoms with E-state index < -0.39 is 0 Å². The van der Waals surface area contributed by atoms with E-state index in [2.05, 4.69) is 0 Å². The molecule has 0 saturated heterocycles. The maximum atomic E-state index is 12.0. The lowest BCUT2D eigenvalue weighted by atomic mass is 9.97. The zero-order valence-electron chi connectivity index (χ0n) is 9.21. The molecule has 1 fully saturated rings. The molecule has 1 saturated carbocycles. The fourth-order valence-corrected chi connectivity index (χ4v) is 2.43.